The third-order valence-electron chi connectivity index (χ3n) is 3.12. The molecule has 1 aromatic heterocycles. The van der Waals surface area contributed by atoms with E-state index in [9.17, 15) is 4.79 Å². The van der Waals surface area contributed by atoms with Gasteiger partial charge in [-0.2, -0.15) is 0 Å². The van der Waals surface area contributed by atoms with Crippen LogP contribution in [0.4, 0.5) is 4.79 Å². The molecule has 0 aliphatic heterocycles. The summed E-state index contributed by atoms with van der Waals surface area (Å²) in [4.78, 5) is 21.9. The molecule has 1 unspecified atom stereocenters. The van der Waals surface area contributed by atoms with E-state index in [0.29, 0.717) is 6.54 Å². The van der Waals surface area contributed by atoms with E-state index in [0.717, 1.165) is 24.5 Å². The third kappa shape index (κ3) is 4.48. The van der Waals surface area contributed by atoms with Crippen molar-refractivity contribution in [2.75, 3.05) is 26.7 Å². The zero-order chi connectivity index (χ0) is 14.3. The van der Waals surface area contributed by atoms with Crippen LogP contribution < -0.4 is 5.32 Å². The SMILES string of the molecule is CCN(CCNC(=O)OC)C(C)c1nccnc1C. The number of carbonyl (C=O) groups is 1. The minimum absolute atomic E-state index is 0.165. The minimum Gasteiger partial charge on any atom is -0.453 e. The molecule has 0 aliphatic carbocycles. The second-order valence-electron chi connectivity index (χ2n) is 4.25. The number of hydrogen-bond acceptors (Lipinski definition) is 5. The molecular weight excluding hydrogens is 244 g/mol. The summed E-state index contributed by atoms with van der Waals surface area (Å²) in [6.07, 6.45) is 3.00. The van der Waals surface area contributed by atoms with E-state index >= 15 is 0 Å². The standard InChI is InChI=1S/C13H22N4O2/c1-5-17(9-8-16-13(18)19-4)11(3)12-10(2)14-6-7-15-12/h6-7,11H,5,8-9H2,1-4H3,(H,16,18). The van der Waals surface area contributed by atoms with Crippen molar-refractivity contribution >= 4 is 6.09 Å². The van der Waals surface area contributed by atoms with Crippen LogP contribution in [-0.2, 0) is 4.74 Å². The number of nitrogens with one attached hydrogen (secondary N) is 1. The van der Waals surface area contributed by atoms with E-state index in [1.165, 1.54) is 7.11 Å². The van der Waals surface area contributed by atoms with Gasteiger partial charge in [0.1, 0.15) is 0 Å². The molecule has 0 aliphatic rings. The van der Waals surface area contributed by atoms with Gasteiger partial charge in [-0.25, -0.2) is 4.79 Å². The van der Waals surface area contributed by atoms with Gasteiger partial charge in [0, 0.05) is 25.5 Å². The van der Waals surface area contributed by atoms with Gasteiger partial charge >= 0.3 is 6.09 Å². The lowest BCUT2D eigenvalue weighted by molar-refractivity contribution is 0.165. The van der Waals surface area contributed by atoms with Crippen LogP contribution in [0.3, 0.4) is 0 Å². The first-order chi connectivity index (χ1) is 9.10. The van der Waals surface area contributed by atoms with Gasteiger partial charge in [0.2, 0.25) is 0 Å². The monoisotopic (exact) mass is 266 g/mol. The van der Waals surface area contributed by atoms with Crippen molar-refractivity contribution in [2.24, 2.45) is 0 Å². The summed E-state index contributed by atoms with van der Waals surface area (Å²) in [5.74, 6) is 0. The molecule has 1 heterocycles. The van der Waals surface area contributed by atoms with E-state index in [2.05, 4.69) is 38.8 Å². The largest absolute Gasteiger partial charge is 0.453 e. The molecule has 0 bridgehead atoms. The van der Waals surface area contributed by atoms with Crippen molar-refractivity contribution in [1.29, 1.82) is 0 Å². The number of aromatic nitrogens is 2. The molecular formula is C13H22N4O2. The molecule has 0 radical (unpaired) electrons. The van der Waals surface area contributed by atoms with Crippen molar-refractivity contribution in [3.63, 3.8) is 0 Å². The maximum Gasteiger partial charge on any atom is 0.406 e. The molecule has 1 aromatic rings. The van der Waals surface area contributed by atoms with E-state index in [1.54, 1.807) is 12.4 Å². The highest BCUT2D eigenvalue weighted by atomic mass is 16.5. The molecule has 1 rings (SSSR count). The van der Waals surface area contributed by atoms with Gasteiger partial charge in [-0.15, -0.1) is 0 Å². The normalized spacial score (nSPS) is 12.3. The van der Waals surface area contributed by atoms with Crippen molar-refractivity contribution in [1.82, 2.24) is 20.2 Å². The summed E-state index contributed by atoms with van der Waals surface area (Å²) in [6.45, 7) is 8.30. The van der Waals surface area contributed by atoms with Crippen LogP contribution in [0, 0.1) is 6.92 Å². The molecule has 0 aromatic carbocycles. The minimum atomic E-state index is -0.403. The Morgan fingerprint density at radius 2 is 2.16 bits per heavy atom. The van der Waals surface area contributed by atoms with E-state index in [-0.39, 0.29) is 6.04 Å². The molecule has 0 saturated carbocycles. The second-order valence-corrected chi connectivity index (χ2v) is 4.25. The van der Waals surface area contributed by atoms with E-state index in [1.807, 2.05) is 6.92 Å². The first-order valence-corrected chi connectivity index (χ1v) is 6.43. The Morgan fingerprint density at radius 1 is 1.47 bits per heavy atom. The number of methoxy groups -OCH3 is 1. The summed E-state index contributed by atoms with van der Waals surface area (Å²) in [5.41, 5.74) is 1.91. The molecule has 1 amide bonds. The molecule has 0 spiro atoms. The summed E-state index contributed by atoms with van der Waals surface area (Å²) < 4.78 is 4.54. The molecule has 1 N–H and O–H groups in total. The molecule has 6 heteroatoms. The highest BCUT2D eigenvalue weighted by molar-refractivity contribution is 5.66. The fraction of sp³-hybridized carbons (Fsp3) is 0.615. The second kappa shape index (κ2) is 7.68. The number of alkyl carbamates (subject to hydrolysis) is 1. The van der Waals surface area contributed by atoms with Gasteiger partial charge in [0.25, 0.3) is 0 Å². The smallest absolute Gasteiger partial charge is 0.406 e. The van der Waals surface area contributed by atoms with Gasteiger partial charge < -0.3 is 10.1 Å². The Bertz CT molecular complexity index is 411. The highest BCUT2D eigenvalue weighted by Crippen LogP contribution is 2.18. The average molecular weight is 266 g/mol. The molecule has 19 heavy (non-hydrogen) atoms. The maximum absolute atomic E-state index is 11.0. The number of ether oxygens (including phenoxy) is 1. The molecule has 0 fully saturated rings. The molecule has 106 valence electrons. The van der Waals surface area contributed by atoms with Crippen molar-refractivity contribution < 1.29 is 9.53 Å². The molecule has 0 saturated heterocycles. The van der Waals surface area contributed by atoms with Crippen molar-refractivity contribution in [2.45, 2.75) is 26.8 Å². The number of aryl methyl sites for hydroxylation is 1. The topological polar surface area (TPSA) is 67.4 Å². The average Bonchev–Trinajstić information content (AvgIpc) is 2.43. The predicted octanol–water partition coefficient (Wildman–Crippen LogP) is 1.52. The molecule has 1 atom stereocenters. The van der Waals surface area contributed by atoms with Crippen LogP contribution in [0.15, 0.2) is 12.4 Å². The fourth-order valence-corrected chi connectivity index (χ4v) is 2.00. The van der Waals surface area contributed by atoms with Crippen LogP contribution in [0.2, 0.25) is 0 Å². The van der Waals surface area contributed by atoms with E-state index < -0.39 is 6.09 Å². The van der Waals surface area contributed by atoms with Gasteiger partial charge in [-0.3, -0.25) is 14.9 Å². The quantitative estimate of drug-likeness (QED) is 0.845. The Morgan fingerprint density at radius 3 is 2.74 bits per heavy atom. The Hall–Kier alpha value is -1.69. The predicted molar refractivity (Wildman–Crippen MR) is 72.8 cm³/mol. The molecule has 6 nitrogen and oxygen atoms in total. The maximum atomic E-state index is 11.0. The first kappa shape index (κ1) is 15.4. The lowest BCUT2D eigenvalue weighted by Gasteiger charge is -2.27. The van der Waals surface area contributed by atoms with Crippen LogP contribution in [0.5, 0.6) is 0 Å². The first-order valence-electron chi connectivity index (χ1n) is 6.43. The van der Waals surface area contributed by atoms with Crippen molar-refractivity contribution in [3.05, 3.63) is 23.8 Å². The Labute approximate surface area is 114 Å². The number of carbonyl (C=O) groups excluding carboxylic acids is 1. The summed E-state index contributed by atoms with van der Waals surface area (Å²) >= 11 is 0. The summed E-state index contributed by atoms with van der Waals surface area (Å²) in [5, 5.41) is 2.68. The highest BCUT2D eigenvalue weighted by Gasteiger charge is 2.17. The number of likely N-dealkylation sites (N-methyl/N-ethyl adjacent to an activating group) is 1. The van der Waals surface area contributed by atoms with Gasteiger partial charge in [0.15, 0.2) is 0 Å². The number of hydrogen-bond donors (Lipinski definition) is 1. The summed E-state index contributed by atoms with van der Waals surface area (Å²) in [7, 11) is 1.36. The number of nitrogens with zero attached hydrogens (tertiary/aromatic N) is 3. The fourth-order valence-electron chi connectivity index (χ4n) is 2.00. The van der Waals surface area contributed by atoms with Crippen molar-refractivity contribution in [3.8, 4) is 0 Å². The Balaban J connectivity index is 2.59. The zero-order valence-electron chi connectivity index (χ0n) is 12.0. The number of rotatable bonds is 6. The summed E-state index contributed by atoms with van der Waals surface area (Å²) in [6, 6.07) is 0.165. The van der Waals surface area contributed by atoms with Crippen LogP contribution in [0.1, 0.15) is 31.3 Å². The van der Waals surface area contributed by atoms with Crippen LogP contribution >= 0.6 is 0 Å². The van der Waals surface area contributed by atoms with Gasteiger partial charge in [-0.05, 0) is 20.4 Å². The van der Waals surface area contributed by atoms with Gasteiger partial charge in [-0.1, -0.05) is 6.92 Å². The number of amides is 1. The Kier molecular flexibility index (Phi) is 6.21. The van der Waals surface area contributed by atoms with Crippen LogP contribution in [-0.4, -0.2) is 47.7 Å². The van der Waals surface area contributed by atoms with E-state index in [4.69, 9.17) is 0 Å². The zero-order valence-corrected chi connectivity index (χ0v) is 12.0. The lowest BCUT2D eigenvalue weighted by Crippen LogP contribution is -2.36. The van der Waals surface area contributed by atoms with Gasteiger partial charge in [0.05, 0.1) is 24.5 Å². The van der Waals surface area contributed by atoms with Crippen LogP contribution in [0.25, 0.3) is 0 Å². The lowest BCUT2D eigenvalue weighted by atomic mass is 10.1. The third-order valence-corrected chi connectivity index (χ3v) is 3.12.